The number of hydrogen-bond acceptors (Lipinski definition) is 2. The Hall–Kier alpha value is -1.58. The van der Waals surface area contributed by atoms with Gasteiger partial charge in [0.25, 0.3) is 0 Å². The van der Waals surface area contributed by atoms with Crippen LogP contribution in [-0.2, 0) is 0 Å². The zero-order chi connectivity index (χ0) is 13.1. The molecule has 0 amide bonds. The smallest absolute Gasteiger partial charge is 0.125 e. The first-order valence-corrected chi connectivity index (χ1v) is 5.76. The predicted octanol–water partition coefficient (Wildman–Crippen LogP) is 3.57. The van der Waals surface area contributed by atoms with Crippen molar-refractivity contribution in [3.05, 3.63) is 64.4 Å². The van der Waals surface area contributed by atoms with Gasteiger partial charge in [-0.3, -0.25) is 0 Å². The number of ether oxygens (including phenoxy) is 1. The highest BCUT2D eigenvalue weighted by Crippen LogP contribution is 2.32. The van der Waals surface area contributed by atoms with E-state index in [-0.39, 0.29) is 5.82 Å². The maximum absolute atomic E-state index is 12.8. The van der Waals surface area contributed by atoms with E-state index in [0.717, 1.165) is 0 Å². The molecule has 94 valence electrons. The summed E-state index contributed by atoms with van der Waals surface area (Å²) in [6, 6.07) is 10.7. The van der Waals surface area contributed by atoms with E-state index in [0.29, 0.717) is 21.9 Å². The lowest BCUT2D eigenvalue weighted by Crippen LogP contribution is -2.02. The van der Waals surface area contributed by atoms with Crippen molar-refractivity contribution in [2.24, 2.45) is 0 Å². The van der Waals surface area contributed by atoms with Crippen molar-refractivity contribution in [2.75, 3.05) is 7.11 Å². The molecule has 0 saturated heterocycles. The quantitative estimate of drug-likeness (QED) is 0.920. The molecule has 0 bridgehead atoms. The Morgan fingerprint density at radius 1 is 1.17 bits per heavy atom. The van der Waals surface area contributed by atoms with Gasteiger partial charge in [0, 0.05) is 10.6 Å². The van der Waals surface area contributed by atoms with Gasteiger partial charge in [0.1, 0.15) is 17.7 Å². The van der Waals surface area contributed by atoms with E-state index in [9.17, 15) is 9.50 Å². The molecule has 0 fully saturated rings. The average Bonchev–Trinajstić information content (AvgIpc) is 2.39. The highest BCUT2D eigenvalue weighted by Gasteiger charge is 2.15. The molecule has 18 heavy (non-hydrogen) atoms. The van der Waals surface area contributed by atoms with Crippen molar-refractivity contribution in [2.45, 2.75) is 6.10 Å². The van der Waals surface area contributed by atoms with Crippen LogP contribution in [0.1, 0.15) is 17.2 Å². The Labute approximate surface area is 110 Å². The molecule has 0 spiro atoms. The molecule has 0 aliphatic heterocycles. The number of halogens is 2. The van der Waals surface area contributed by atoms with Crippen LogP contribution in [-0.4, -0.2) is 12.2 Å². The monoisotopic (exact) mass is 266 g/mol. The largest absolute Gasteiger partial charge is 0.496 e. The van der Waals surface area contributed by atoms with Gasteiger partial charge in [-0.05, 0) is 35.9 Å². The number of aliphatic hydroxyl groups excluding tert-OH is 1. The van der Waals surface area contributed by atoms with E-state index in [1.165, 1.54) is 31.4 Å². The lowest BCUT2D eigenvalue weighted by molar-refractivity contribution is 0.214. The maximum Gasteiger partial charge on any atom is 0.125 e. The van der Waals surface area contributed by atoms with E-state index >= 15 is 0 Å². The predicted molar refractivity (Wildman–Crippen MR) is 68.5 cm³/mol. The molecule has 1 N–H and O–H groups in total. The molecule has 2 aromatic rings. The highest BCUT2D eigenvalue weighted by molar-refractivity contribution is 6.30. The zero-order valence-electron chi connectivity index (χ0n) is 9.73. The Kier molecular flexibility index (Phi) is 3.84. The van der Waals surface area contributed by atoms with Crippen molar-refractivity contribution < 1.29 is 14.2 Å². The van der Waals surface area contributed by atoms with Crippen molar-refractivity contribution in [1.29, 1.82) is 0 Å². The van der Waals surface area contributed by atoms with Crippen molar-refractivity contribution in [1.82, 2.24) is 0 Å². The van der Waals surface area contributed by atoms with Crippen LogP contribution in [0.4, 0.5) is 4.39 Å². The fourth-order valence-electron chi connectivity index (χ4n) is 1.74. The summed E-state index contributed by atoms with van der Waals surface area (Å²) in [6.45, 7) is 0. The lowest BCUT2D eigenvalue weighted by Gasteiger charge is -2.15. The minimum atomic E-state index is -0.903. The third kappa shape index (κ3) is 2.63. The van der Waals surface area contributed by atoms with Crippen molar-refractivity contribution in [3.8, 4) is 5.75 Å². The van der Waals surface area contributed by atoms with Crippen LogP contribution >= 0.6 is 11.6 Å². The molecule has 4 heteroatoms. The molecule has 0 radical (unpaired) electrons. The normalized spacial score (nSPS) is 12.2. The summed E-state index contributed by atoms with van der Waals surface area (Å²) in [7, 11) is 1.52. The second-order valence-electron chi connectivity index (χ2n) is 3.84. The van der Waals surface area contributed by atoms with Crippen LogP contribution in [0.25, 0.3) is 0 Å². The SMILES string of the molecule is COc1ccc(Cl)cc1C(O)c1ccc(F)cc1. The van der Waals surface area contributed by atoms with Crippen molar-refractivity contribution >= 4 is 11.6 Å². The van der Waals surface area contributed by atoms with E-state index in [1.54, 1.807) is 18.2 Å². The topological polar surface area (TPSA) is 29.5 Å². The Morgan fingerprint density at radius 2 is 1.83 bits per heavy atom. The van der Waals surface area contributed by atoms with Gasteiger partial charge in [-0.15, -0.1) is 0 Å². The Bertz CT molecular complexity index is 540. The van der Waals surface area contributed by atoms with Gasteiger partial charge in [0.05, 0.1) is 7.11 Å². The third-order valence-electron chi connectivity index (χ3n) is 2.67. The maximum atomic E-state index is 12.8. The first-order chi connectivity index (χ1) is 8.61. The minimum absolute atomic E-state index is 0.344. The van der Waals surface area contributed by atoms with Gasteiger partial charge in [-0.1, -0.05) is 23.7 Å². The van der Waals surface area contributed by atoms with Crippen molar-refractivity contribution in [3.63, 3.8) is 0 Å². The standard InChI is InChI=1S/C14H12ClFO2/c1-18-13-7-4-10(15)8-12(13)14(17)9-2-5-11(16)6-3-9/h2-8,14,17H,1H3. The molecule has 1 unspecified atom stereocenters. The second-order valence-corrected chi connectivity index (χ2v) is 4.28. The number of rotatable bonds is 3. The average molecular weight is 267 g/mol. The van der Waals surface area contributed by atoms with E-state index in [1.807, 2.05) is 0 Å². The minimum Gasteiger partial charge on any atom is -0.496 e. The van der Waals surface area contributed by atoms with E-state index in [4.69, 9.17) is 16.3 Å². The van der Waals surface area contributed by atoms with Crippen LogP contribution in [0.15, 0.2) is 42.5 Å². The van der Waals surface area contributed by atoms with Gasteiger partial charge in [0.2, 0.25) is 0 Å². The first kappa shape index (κ1) is 12.9. The summed E-state index contributed by atoms with van der Waals surface area (Å²) < 4.78 is 18.0. The molecule has 1 atom stereocenters. The summed E-state index contributed by atoms with van der Waals surface area (Å²) in [6.07, 6.45) is -0.903. The highest BCUT2D eigenvalue weighted by atomic mass is 35.5. The Morgan fingerprint density at radius 3 is 2.44 bits per heavy atom. The van der Waals surface area contributed by atoms with Gasteiger partial charge in [-0.2, -0.15) is 0 Å². The summed E-state index contributed by atoms with van der Waals surface area (Å²) >= 11 is 5.90. The number of hydrogen-bond donors (Lipinski definition) is 1. The molecular weight excluding hydrogens is 255 g/mol. The van der Waals surface area contributed by atoms with Gasteiger partial charge < -0.3 is 9.84 Å². The summed E-state index contributed by atoms with van der Waals surface area (Å²) in [4.78, 5) is 0. The summed E-state index contributed by atoms with van der Waals surface area (Å²) in [5.41, 5.74) is 1.13. The summed E-state index contributed by atoms with van der Waals surface area (Å²) in [5.74, 6) is 0.195. The molecule has 0 aliphatic rings. The van der Waals surface area contributed by atoms with Crippen LogP contribution in [0, 0.1) is 5.82 Å². The zero-order valence-corrected chi connectivity index (χ0v) is 10.5. The van der Waals surface area contributed by atoms with Crippen LogP contribution in [0.5, 0.6) is 5.75 Å². The molecule has 2 rings (SSSR count). The van der Waals surface area contributed by atoms with Crippen LogP contribution in [0.3, 0.4) is 0 Å². The third-order valence-corrected chi connectivity index (χ3v) is 2.91. The van der Waals surface area contributed by atoms with Crippen LogP contribution in [0.2, 0.25) is 5.02 Å². The molecular formula is C14H12ClFO2. The number of benzene rings is 2. The Balaban J connectivity index is 2.41. The van der Waals surface area contributed by atoms with Gasteiger partial charge >= 0.3 is 0 Å². The number of methoxy groups -OCH3 is 1. The van der Waals surface area contributed by atoms with E-state index < -0.39 is 6.10 Å². The van der Waals surface area contributed by atoms with Crippen LogP contribution < -0.4 is 4.74 Å². The first-order valence-electron chi connectivity index (χ1n) is 5.39. The second kappa shape index (κ2) is 5.38. The molecule has 0 heterocycles. The fourth-order valence-corrected chi connectivity index (χ4v) is 1.92. The molecule has 0 aromatic heterocycles. The molecule has 0 aliphatic carbocycles. The molecule has 0 saturated carbocycles. The van der Waals surface area contributed by atoms with E-state index in [2.05, 4.69) is 0 Å². The molecule has 2 aromatic carbocycles. The molecule has 2 nitrogen and oxygen atoms in total. The fraction of sp³-hybridized carbons (Fsp3) is 0.143. The summed E-state index contributed by atoms with van der Waals surface area (Å²) in [5, 5.41) is 10.8. The van der Waals surface area contributed by atoms with Gasteiger partial charge in [0.15, 0.2) is 0 Å². The number of aliphatic hydroxyl groups is 1. The lowest BCUT2D eigenvalue weighted by atomic mass is 10.0. The van der Waals surface area contributed by atoms with Gasteiger partial charge in [-0.25, -0.2) is 4.39 Å².